The SMILES string of the molecule is CC(C)(C)C(=O)Nc1cccc(NC(=O)CNc2ccccc2OCC2CCCO2)c1. The van der Waals surface area contributed by atoms with E-state index in [4.69, 9.17) is 9.47 Å². The molecule has 0 aliphatic carbocycles. The topological polar surface area (TPSA) is 88.7 Å². The molecule has 0 aromatic heterocycles. The number of para-hydroxylation sites is 2. The van der Waals surface area contributed by atoms with Crippen molar-refractivity contribution in [3.63, 3.8) is 0 Å². The van der Waals surface area contributed by atoms with Crippen LogP contribution in [-0.4, -0.2) is 37.7 Å². The Morgan fingerprint density at radius 1 is 1.06 bits per heavy atom. The molecule has 0 saturated carbocycles. The van der Waals surface area contributed by atoms with Crippen molar-refractivity contribution in [2.45, 2.75) is 39.7 Å². The molecule has 1 fully saturated rings. The van der Waals surface area contributed by atoms with Crippen molar-refractivity contribution < 1.29 is 19.1 Å². The molecule has 0 spiro atoms. The number of benzene rings is 2. The highest BCUT2D eigenvalue weighted by Gasteiger charge is 2.21. The fraction of sp³-hybridized carbons (Fsp3) is 0.417. The number of rotatable bonds is 8. The molecule has 3 rings (SSSR count). The van der Waals surface area contributed by atoms with Crippen molar-refractivity contribution in [1.29, 1.82) is 0 Å². The lowest BCUT2D eigenvalue weighted by atomic mass is 9.95. The summed E-state index contributed by atoms with van der Waals surface area (Å²) in [5.74, 6) is 0.406. The predicted molar refractivity (Wildman–Crippen MR) is 123 cm³/mol. The van der Waals surface area contributed by atoms with Gasteiger partial charge in [-0.3, -0.25) is 9.59 Å². The Labute approximate surface area is 183 Å². The van der Waals surface area contributed by atoms with Gasteiger partial charge in [-0.05, 0) is 43.2 Å². The lowest BCUT2D eigenvalue weighted by Crippen LogP contribution is -2.27. The summed E-state index contributed by atoms with van der Waals surface area (Å²) in [4.78, 5) is 24.6. The maximum absolute atomic E-state index is 12.4. The van der Waals surface area contributed by atoms with Gasteiger partial charge in [-0.2, -0.15) is 0 Å². The Bertz CT molecular complexity index is 902. The average molecular weight is 426 g/mol. The summed E-state index contributed by atoms with van der Waals surface area (Å²) in [5.41, 5.74) is 1.50. The fourth-order valence-electron chi connectivity index (χ4n) is 3.07. The van der Waals surface area contributed by atoms with Crippen LogP contribution in [0.4, 0.5) is 17.1 Å². The van der Waals surface area contributed by atoms with E-state index in [1.54, 1.807) is 24.3 Å². The molecule has 2 amide bonds. The summed E-state index contributed by atoms with van der Waals surface area (Å²) in [6, 6.07) is 14.6. The second kappa shape index (κ2) is 10.3. The van der Waals surface area contributed by atoms with Crippen molar-refractivity contribution in [2.75, 3.05) is 35.7 Å². The molecule has 2 aromatic carbocycles. The Balaban J connectivity index is 1.52. The standard InChI is InChI=1S/C24H31N3O4/c1-24(2,3)23(29)27-18-9-6-8-17(14-18)26-22(28)15-25-20-11-4-5-12-21(20)31-16-19-10-7-13-30-19/h4-6,8-9,11-12,14,19,25H,7,10,13,15-16H2,1-3H3,(H,26,28)(H,27,29). The van der Waals surface area contributed by atoms with Crippen LogP contribution in [0.25, 0.3) is 0 Å². The van der Waals surface area contributed by atoms with Gasteiger partial charge in [0, 0.05) is 23.4 Å². The summed E-state index contributed by atoms with van der Waals surface area (Å²) in [6.45, 7) is 6.91. The molecule has 1 saturated heterocycles. The third kappa shape index (κ3) is 7.00. The van der Waals surface area contributed by atoms with Crippen LogP contribution in [0, 0.1) is 5.41 Å². The molecule has 0 bridgehead atoms. The van der Waals surface area contributed by atoms with E-state index in [2.05, 4.69) is 16.0 Å². The largest absolute Gasteiger partial charge is 0.489 e. The smallest absolute Gasteiger partial charge is 0.243 e. The van der Waals surface area contributed by atoms with Crippen LogP contribution >= 0.6 is 0 Å². The number of carbonyl (C=O) groups is 2. The molecule has 2 aromatic rings. The lowest BCUT2D eigenvalue weighted by Gasteiger charge is -2.18. The minimum absolute atomic E-state index is 0.0822. The van der Waals surface area contributed by atoms with Gasteiger partial charge in [0.15, 0.2) is 0 Å². The first-order valence-corrected chi connectivity index (χ1v) is 10.6. The molecular weight excluding hydrogens is 394 g/mol. The molecule has 31 heavy (non-hydrogen) atoms. The molecule has 0 radical (unpaired) electrons. The van der Waals surface area contributed by atoms with Crippen LogP contribution in [0.1, 0.15) is 33.6 Å². The van der Waals surface area contributed by atoms with E-state index >= 15 is 0 Å². The van der Waals surface area contributed by atoms with Gasteiger partial charge in [0.05, 0.1) is 18.3 Å². The van der Waals surface area contributed by atoms with Gasteiger partial charge < -0.3 is 25.4 Å². The Morgan fingerprint density at radius 2 is 1.81 bits per heavy atom. The molecule has 1 aliphatic heterocycles. The molecule has 7 nitrogen and oxygen atoms in total. The number of hydrogen-bond donors (Lipinski definition) is 3. The van der Waals surface area contributed by atoms with E-state index in [0.29, 0.717) is 23.7 Å². The molecule has 166 valence electrons. The van der Waals surface area contributed by atoms with Crippen molar-refractivity contribution in [3.8, 4) is 5.75 Å². The van der Waals surface area contributed by atoms with Gasteiger partial charge in [0.25, 0.3) is 0 Å². The van der Waals surface area contributed by atoms with E-state index in [1.807, 2.05) is 45.0 Å². The van der Waals surface area contributed by atoms with E-state index < -0.39 is 5.41 Å². The highest BCUT2D eigenvalue weighted by molar-refractivity contribution is 5.97. The Kier molecular flexibility index (Phi) is 7.52. The van der Waals surface area contributed by atoms with Gasteiger partial charge in [0.2, 0.25) is 11.8 Å². The summed E-state index contributed by atoms with van der Waals surface area (Å²) in [5, 5.41) is 8.84. The van der Waals surface area contributed by atoms with Gasteiger partial charge >= 0.3 is 0 Å². The summed E-state index contributed by atoms with van der Waals surface area (Å²) < 4.78 is 11.5. The first kappa shape index (κ1) is 22.6. The third-order valence-electron chi connectivity index (χ3n) is 4.86. The number of amides is 2. The van der Waals surface area contributed by atoms with E-state index in [9.17, 15) is 9.59 Å². The van der Waals surface area contributed by atoms with Crippen LogP contribution < -0.4 is 20.7 Å². The molecular formula is C24H31N3O4. The van der Waals surface area contributed by atoms with Gasteiger partial charge in [-0.1, -0.05) is 39.0 Å². The van der Waals surface area contributed by atoms with E-state index in [-0.39, 0.29) is 24.5 Å². The second-order valence-electron chi connectivity index (χ2n) is 8.63. The van der Waals surface area contributed by atoms with Crippen LogP contribution in [-0.2, 0) is 14.3 Å². The fourth-order valence-corrected chi connectivity index (χ4v) is 3.07. The van der Waals surface area contributed by atoms with Crippen molar-refractivity contribution in [1.82, 2.24) is 0 Å². The van der Waals surface area contributed by atoms with Crippen molar-refractivity contribution >= 4 is 28.9 Å². The van der Waals surface area contributed by atoms with Gasteiger partial charge in [-0.25, -0.2) is 0 Å². The zero-order chi connectivity index (χ0) is 22.3. The first-order valence-electron chi connectivity index (χ1n) is 10.6. The zero-order valence-electron chi connectivity index (χ0n) is 18.4. The van der Waals surface area contributed by atoms with E-state index in [0.717, 1.165) is 25.1 Å². The van der Waals surface area contributed by atoms with Gasteiger partial charge in [-0.15, -0.1) is 0 Å². The number of carbonyl (C=O) groups excluding carboxylic acids is 2. The quantitative estimate of drug-likeness (QED) is 0.587. The second-order valence-corrected chi connectivity index (χ2v) is 8.63. The number of anilines is 3. The summed E-state index contributed by atoms with van der Waals surface area (Å²) >= 11 is 0. The van der Waals surface area contributed by atoms with Crippen LogP contribution in [0.15, 0.2) is 48.5 Å². The maximum Gasteiger partial charge on any atom is 0.243 e. The van der Waals surface area contributed by atoms with Gasteiger partial charge in [0.1, 0.15) is 12.4 Å². The van der Waals surface area contributed by atoms with E-state index in [1.165, 1.54) is 0 Å². The highest BCUT2D eigenvalue weighted by atomic mass is 16.5. The minimum atomic E-state index is -0.497. The normalized spacial score (nSPS) is 15.9. The minimum Gasteiger partial charge on any atom is -0.489 e. The first-order chi connectivity index (χ1) is 14.8. The third-order valence-corrected chi connectivity index (χ3v) is 4.86. The summed E-state index contributed by atoms with van der Waals surface area (Å²) in [6.07, 6.45) is 2.20. The molecule has 1 heterocycles. The van der Waals surface area contributed by atoms with Crippen molar-refractivity contribution in [3.05, 3.63) is 48.5 Å². The molecule has 1 aliphatic rings. The Hall–Kier alpha value is -3.06. The molecule has 3 N–H and O–H groups in total. The maximum atomic E-state index is 12.4. The van der Waals surface area contributed by atoms with Crippen LogP contribution in [0.5, 0.6) is 5.75 Å². The Morgan fingerprint density at radius 3 is 2.52 bits per heavy atom. The van der Waals surface area contributed by atoms with Crippen LogP contribution in [0.3, 0.4) is 0 Å². The molecule has 7 heteroatoms. The number of hydrogen-bond acceptors (Lipinski definition) is 5. The van der Waals surface area contributed by atoms with Crippen molar-refractivity contribution in [2.24, 2.45) is 5.41 Å². The zero-order valence-corrected chi connectivity index (χ0v) is 18.4. The highest BCUT2D eigenvalue weighted by Crippen LogP contribution is 2.25. The average Bonchev–Trinajstić information content (AvgIpc) is 3.24. The predicted octanol–water partition coefficient (Wildman–Crippen LogP) is 4.28. The lowest BCUT2D eigenvalue weighted by molar-refractivity contribution is -0.123. The molecule has 1 unspecified atom stereocenters. The number of ether oxygens (including phenoxy) is 2. The number of nitrogens with one attached hydrogen (secondary N) is 3. The summed E-state index contributed by atoms with van der Waals surface area (Å²) in [7, 11) is 0. The monoisotopic (exact) mass is 425 g/mol. The molecule has 1 atom stereocenters. The van der Waals surface area contributed by atoms with Crippen LogP contribution in [0.2, 0.25) is 0 Å².